The van der Waals surface area contributed by atoms with Crippen molar-refractivity contribution in [2.24, 2.45) is 0 Å². The molecule has 12 heavy (non-hydrogen) atoms. The van der Waals surface area contributed by atoms with Crippen molar-refractivity contribution in [3.05, 3.63) is 30.0 Å². The molecule has 2 aromatic rings. The lowest BCUT2D eigenvalue weighted by Crippen LogP contribution is -1.85. The molecule has 0 bridgehead atoms. The van der Waals surface area contributed by atoms with E-state index in [9.17, 15) is 0 Å². The first kappa shape index (κ1) is 7.22. The van der Waals surface area contributed by atoms with Gasteiger partial charge in [0.25, 0.3) is 0 Å². The van der Waals surface area contributed by atoms with Crippen molar-refractivity contribution in [2.75, 3.05) is 7.11 Å². The van der Waals surface area contributed by atoms with E-state index >= 15 is 0 Å². The van der Waals surface area contributed by atoms with E-state index in [0.717, 1.165) is 22.3 Å². The lowest BCUT2D eigenvalue weighted by molar-refractivity contribution is 0.412. The normalized spacial score (nSPS) is 10.5. The predicted molar refractivity (Wildman–Crippen MR) is 47.5 cm³/mol. The summed E-state index contributed by atoms with van der Waals surface area (Å²) in [7, 11) is 1.67. The summed E-state index contributed by atoms with van der Waals surface area (Å²) >= 11 is 0. The second-order valence-electron chi connectivity index (χ2n) is 2.78. The number of benzene rings is 1. The molecular weight excluding hydrogens is 152 g/mol. The number of hydrogen-bond donors (Lipinski definition) is 0. The lowest BCUT2D eigenvalue weighted by atomic mass is 10.2. The minimum Gasteiger partial charge on any atom is -0.496 e. The van der Waals surface area contributed by atoms with Gasteiger partial charge in [-0.3, -0.25) is 0 Å². The Morgan fingerprint density at radius 2 is 2.17 bits per heavy atom. The highest BCUT2D eigenvalue weighted by Crippen LogP contribution is 2.25. The largest absolute Gasteiger partial charge is 0.496 e. The van der Waals surface area contributed by atoms with Crippen molar-refractivity contribution >= 4 is 11.0 Å². The molecule has 0 unspecified atom stereocenters. The maximum absolute atomic E-state index is 5.24. The SMILES string of the molecule is COc1cc2ccoc2cc1C. The van der Waals surface area contributed by atoms with Crippen molar-refractivity contribution in [3.8, 4) is 5.75 Å². The molecule has 2 heteroatoms. The summed E-state index contributed by atoms with van der Waals surface area (Å²) < 4.78 is 10.4. The van der Waals surface area contributed by atoms with E-state index in [2.05, 4.69) is 0 Å². The van der Waals surface area contributed by atoms with Gasteiger partial charge in [0.05, 0.1) is 13.4 Å². The van der Waals surface area contributed by atoms with Crippen LogP contribution in [-0.4, -0.2) is 7.11 Å². The fourth-order valence-corrected chi connectivity index (χ4v) is 1.31. The topological polar surface area (TPSA) is 22.4 Å². The highest BCUT2D eigenvalue weighted by atomic mass is 16.5. The quantitative estimate of drug-likeness (QED) is 0.643. The van der Waals surface area contributed by atoms with Crippen molar-refractivity contribution in [1.29, 1.82) is 0 Å². The summed E-state index contributed by atoms with van der Waals surface area (Å²) in [5, 5.41) is 1.08. The lowest BCUT2D eigenvalue weighted by Gasteiger charge is -2.02. The molecule has 0 amide bonds. The number of fused-ring (bicyclic) bond motifs is 1. The van der Waals surface area contributed by atoms with Gasteiger partial charge in [0, 0.05) is 5.39 Å². The van der Waals surface area contributed by atoms with Crippen LogP contribution in [-0.2, 0) is 0 Å². The molecular formula is C10H10O2. The monoisotopic (exact) mass is 162 g/mol. The molecule has 0 saturated heterocycles. The first-order chi connectivity index (χ1) is 5.81. The Morgan fingerprint density at radius 1 is 1.33 bits per heavy atom. The molecule has 1 aromatic heterocycles. The first-order valence-electron chi connectivity index (χ1n) is 3.83. The smallest absolute Gasteiger partial charge is 0.134 e. The Hall–Kier alpha value is -1.44. The molecule has 62 valence electrons. The fourth-order valence-electron chi connectivity index (χ4n) is 1.31. The van der Waals surface area contributed by atoms with Crippen LogP contribution >= 0.6 is 0 Å². The van der Waals surface area contributed by atoms with E-state index in [1.807, 2.05) is 25.1 Å². The summed E-state index contributed by atoms with van der Waals surface area (Å²) in [5.74, 6) is 0.906. The van der Waals surface area contributed by atoms with Crippen molar-refractivity contribution in [3.63, 3.8) is 0 Å². The summed E-state index contributed by atoms with van der Waals surface area (Å²) in [6.07, 6.45) is 1.68. The molecule has 0 fully saturated rings. The van der Waals surface area contributed by atoms with E-state index in [4.69, 9.17) is 9.15 Å². The van der Waals surface area contributed by atoms with E-state index in [0.29, 0.717) is 0 Å². The average molecular weight is 162 g/mol. The Labute approximate surface area is 70.8 Å². The Kier molecular flexibility index (Phi) is 1.54. The van der Waals surface area contributed by atoms with Crippen LogP contribution in [0, 0.1) is 6.92 Å². The zero-order valence-corrected chi connectivity index (χ0v) is 7.13. The van der Waals surface area contributed by atoms with Crippen molar-refractivity contribution in [2.45, 2.75) is 6.92 Å². The number of rotatable bonds is 1. The molecule has 0 radical (unpaired) electrons. The summed E-state index contributed by atoms with van der Waals surface area (Å²) in [4.78, 5) is 0. The van der Waals surface area contributed by atoms with Gasteiger partial charge in [0.15, 0.2) is 0 Å². The molecule has 0 aliphatic rings. The van der Waals surface area contributed by atoms with Gasteiger partial charge in [-0.1, -0.05) is 0 Å². The van der Waals surface area contributed by atoms with Gasteiger partial charge in [-0.25, -0.2) is 0 Å². The zero-order chi connectivity index (χ0) is 8.55. The number of furan rings is 1. The molecule has 1 aromatic carbocycles. The minimum absolute atomic E-state index is 0.906. The Morgan fingerprint density at radius 3 is 2.92 bits per heavy atom. The molecule has 1 heterocycles. The first-order valence-corrected chi connectivity index (χ1v) is 3.83. The average Bonchev–Trinajstić information content (AvgIpc) is 2.49. The number of hydrogen-bond acceptors (Lipinski definition) is 2. The minimum atomic E-state index is 0.906. The van der Waals surface area contributed by atoms with Crippen LogP contribution in [0.15, 0.2) is 28.9 Å². The zero-order valence-electron chi connectivity index (χ0n) is 7.13. The molecule has 0 aliphatic heterocycles. The van der Waals surface area contributed by atoms with Gasteiger partial charge >= 0.3 is 0 Å². The van der Waals surface area contributed by atoms with E-state index in [1.54, 1.807) is 13.4 Å². The maximum atomic E-state index is 5.24. The van der Waals surface area contributed by atoms with E-state index in [1.165, 1.54) is 0 Å². The van der Waals surface area contributed by atoms with E-state index < -0.39 is 0 Å². The van der Waals surface area contributed by atoms with Gasteiger partial charge in [0.1, 0.15) is 11.3 Å². The Balaban J connectivity index is 2.73. The van der Waals surface area contributed by atoms with Crippen LogP contribution in [0.3, 0.4) is 0 Å². The van der Waals surface area contributed by atoms with Gasteiger partial charge in [-0.05, 0) is 30.7 Å². The van der Waals surface area contributed by atoms with Crippen LogP contribution < -0.4 is 4.74 Å². The third kappa shape index (κ3) is 0.961. The fraction of sp³-hybridized carbons (Fsp3) is 0.200. The van der Waals surface area contributed by atoms with Crippen LogP contribution in [0.25, 0.3) is 11.0 Å². The second-order valence-corrected chi connectivity index (χ2v) is 2.78. The molecule has 0 saturated carbocycles. The van der Waals surface area contributed by atoms with Crippen LogP contribution in [0.4, 0.5) is 0 Å². The number of aryl methyl sites for hydroxylation is 1. The molecule has 2 rings (SSSR count). The molecule has 0 spiro atoms. The second kappa shape index (κ2) is 2.55. The highest BCUT2D eigenvalue weighted by molar-refractivity contribution is 5.79. The molecule has 0 aliphatic carbocycles. The van der Waals surface area contributed by atoms with Gasteiger partial charge in [0.2, 0.25) is 0 Å². The summed E-state index contributed by atoms with van der Waals surface area (Å²) in [6, 6.07) is 5.89. The number of methoxy groups -OCH3 is 1. The van der Waals surface area contributed by atoms with Crippen LogP contribution in [0.1, 0.15) is 5.56 Å². The highest BCUT2D eigenvalue weighted by Gasteiger charge is 2.02. The molecule has 0 N–H and O–H groups in total. The van der Waals surface area contributed by atoms with Crippen molar-refractivity contribution in [1.82, 2.24) is 0 Å². The maximum Gasteiger partial charge on any atom is 0.134 e. The van der Waals surface area contributed by atoms with Gasteiger partial charge in [-0.15, -0.1) is 0 Å². The third-order valence-corrected chi connectivity index (χ3v) is 1.97. The van der Waals surface area contributed by atoms with Gasteiger partial charge < -0.3 is 9.15 Å². The standard InChI is InChI=1S/C10H10O2/c1-7-5-10-8(3-4-12-10)6-9(7)11-2/h3-6H,1-2H3. The van der Waals surface area contributed by atoms with E-state index in [-0.39, 0.29) is 0 Å². The van der Waals surface area contributed by atoms with Crippen LogP contribution in [0.2, 0.25) is 0 Å². The summed E-state index contributed by atoms with van der Waals surface area (Å²) in [5.41, 5.74) is 2.01. The third-order valence-electron chi connectivity index (χ3n) is 1.97. The van der Waals surface area contributed by atoms with Crippen LogP contribution in [0.5, 0.6) is 5.75 Å². The molecule has 2 nitrogen and oxygen atoms in total. The Bertz CT molecular complexity index is 401. The molecule has 0 atom stereocenters. The summed E-state index contributed by atoms with van der Waals surface area (Å²) in [6.45, 7) is 2.00. The van der Waals surface area contributed by atoms with Crippen molar-refractivity contribution < 1.29 is 9.15 Å². The predicted octanol–water partition coefficient (Wildman–Crippen LogP) is 2.75. The number of ether oxygens (including phenoxy) is 1. The van der Waals surface area contributed by atoms with Gasteiger partial charge in [-0.2, -0.15) is 0 Å².